The Kier molecular flexibility index (Phi) is 6.46. The number of amides is 1. The molecular formula is C22H22N3O5-. The highest BCUT2D eigenvalue weighted by molar-refractivity contribution is 5.93. The third-order valence-electron chi connectivity index (χ3n) is 4.87. The lowest BCUT2D eigenvalue weighted by Crippen LogP contribution is -2.30. The molecule has 0 spiro atoms. The van der Waals surface area contributed by atoms with Crippen LogP contribution in [0.4, 0.5) is 5.69 Å². The number of nitro benzene ring substituents is 1. The summed E-state index contributed by atoms with van der Waals surface area (Å²) in [7, 11) is 1.53. The molecule has 30 heavy (non-hydrogen) atoms. The average Bonchev–Trinajstić information content (AvgIpc) is 2.76. The van der Waals surface area contributed by atoms with Crippen LogP contribution in [0, 0.1) is 10.1 Å². The van der Waals surface area contributed by atoms with Gasteiger partial charge in [0.05, 0.1) is 29.0 Å². The molecule has 2 aromatic carbocycles. The van der Waals surface area contributed by atoms with Gasteiger partial charge in [0.2, 0.25) is 5.91 Å². The van der Waals surface area contributed by atoms with Gasteiger partial charge in [-0.15, -0.1) is 0 Å². The molecule has 0 radical (unpaired) electrons. The molecule has 8 nitrogen and oxygen atoms in total. The molecule has 0 aliphatic heterocycles. The van der Waals surface area contributed by atoms with Gasteiger partial charge in [-0.1, -0.05) is 31.2 Å². The van der Waals surface area contributed by atoms with E-state index in [4.69, 9.17) is 4.74 Å². The van der Waals surface area contributed by atoms with Crippen molar-refractivity contribution in [1.82, 2.24) is 10.3 Å². The molecule has 3 rings (SSSR count). The van der Waals surface area contributed by atoms with Crippen molar-refractivity contribution in [3.8, 4) is 11.5 Å². The molecule has 0 aliphatic rings. The van der Waals surface area contributed by atoms with E-state index in [-0.39, 0.29) is 28.1 Å². The molecular weight excluding hydrogens is 386 g/mol. The molecule has 0 fully saturated rings. The molecule has 156 valence electrons. The number of nitro groups is 1. The third-order valence-corrected chi connectivity index (χ3v) is 4.87. The van der Waals surface area contributed by atoms with Crippen LogP contribution in [0.3, 0.4) is 0 Å². The van der Waals surface area contributed by atoms with Gasteiger partial charge in [0.15, 0.2) is 0 Å². The highest BCUT2D eigenvalue weighted by atomic mass is 16.6. The number of fused-ring (bicyclic) bond motifs is 1. The predicted octanol–water partition coefficient (Wildman–Crippen LogP) is 3.62. The molecule has 0 aliphatic carbocycles. The third kappa shape index (κ3) is 4.32. The zero-order valence-electron chi connectivity index (χ0n) is 16.8. The normalized spacial score (nSPS) is 11.8. The lowest BCUT2D eigenvalue weighted by Gasteiger charge is -2.26. The number of unbranched alkanes of at least 4 members (excludes halogenated alkanes) is 1. The Morgan fingerprint density at radius 3 is 2.63 bits per heavy atom. The maximum atomic E-state index is 13.2. The molecule has 1 amide bonds. The fourth-order valence-corrected chi connectivity index (χ4v) is 3.29. The lowest BCUT2D eigenvalue weighted by molar-refractivity contribution is -0.383. The number of nitrogens with one attached hydrogen (secondary N) is 1. The van der Waals surface area contributed by atoms with Crippen LogP contribution >= 0.6 is 0 Å². The maximum absolute atomic E-state index is 13.2. The van der Waals surface area contributed by atoms with Crippen LogP contribution in [-0.4, -0.2) is 22.9 Å². The number of carbonyl (C=O) groups excluding carboxylic acids is 1. The summed E-state index contributed by atoms with van der Waals surface area (Å²) in [6.07, 6.45) is 3.26. The molecule has 1 aromatic heterocycles. The van der Waals surface area contributed by atoms with Gasteiger partial charge in [0.1, 0.15) is 5.75 Å². The second-order valence-electron chi connectivity index (χ2n) is 6.85. The summed E-state index contributed by atoms with van der Waals surface area (Å²) < 4.78 is 5.17. The summed E-state index contributed by atoms with van der Waals surface area (Å²) in [5.41, 5.74) is 0.488. The summed E-state index contributed by atoms with van der Waals surface area (Å²) >= 11 is 0. The Morgan fingerprint density at radius 2 is 2.00 bits per heavy atom. The van der Waals surface area contributed by atoms with Crippen molar-refractivity contribution in [1.29, 1.82) is 0 Å². The number of non-ortho nitro benzene ring substituents is 1. The predicted molar refractivity (Wildman–Crippen MR) is 110 cm³/mol. The molecule has 0 saturated carbocycles. The number of pyridine rings is 1. The molecule has 0 saturated heterocycles. The van der Waals surface area contributed by atoms with Crippen molar-refractivity contribution < 1.29 is 19.6 Å². The number of benzene rings is 2. The quantitative estimate of drug-likeness (QED) is 0.449. The second kappa shape index (κ2) is 9.21. The van der Waals surface area contributed by atoms with Crippen LogP contribution in [0.5, 0.6) is 11.5 Å². The van der Waals surface area contributed by atoms with E-state index in [9.17, 15) is 20.0 Å². The first kappa shape index (κ1) is 21.0. The Bertz CT molecular complexity index is 1070. The molecule has 1 atom stereocenters. The topological polar surface area (TPSA) is 117 Å². The minimum Gasteiger partial charge on any atom is -0.871 e. The fourth-order valence-electron chi connectivity index (χ4n) is 3.29. The van der Waals surface area contributed by atoms with Gasteiger partial charge in [0.25, 0.3) is 5.69 Å². The number of hydrogen-bond acceptors (Lipinski definition) is 6. The van der Waals surface area contributed by atoms with Gasteiger partial charge in [-0.05, 0) is 41.8 Å². The van der Waals surface area contributed by atoms with E-state index < -0.39 is 16.7 Å². The molecule has 8 heteroatoms. The largest absolute Gasteiger partial charge is 0.871 e. The second-order valence-corrected chi connectivity index (χ2v) is 6.85. The molecule has 0 unspecified atom stereocenters. The highest BCUT2D eigenvalue weighted by Gasteiger charge is 2.23. The van der Waals surface area contributed by atoms with Crippen LogP contribution in [0.1, 0.15) is 43.4 Å². The number of aromatic nitrogens is 1. The number of nitrogens with zero attached hydrogens (tertiary/aromatic N) is 2. The van der Waals surface area contributed by atoms with E-state index in [0.717, 1.165) is 6.42 Å². The molecule has 1 heterocycles. The van der Waals surface area contributed by atoms with Gasteiger partial charge >= 0.3 is 0 Å². The average molecular weight is 408 g/mol. The van der Waals surface area contributed by atoms with Crippen molar-refractivity contribution in [2.75, 3.05) is 7.11 Å². The summed E-state index contributed by atoms with van der Waals surface area (Å²) in [4.78, 5) is 27.7. The number of ether oxygens (including phenoxy) is 1. The minimum atomic E-state index is -0.849. The van der Waals surface area contributed by atoms with E-state index in [1.165, 1.54) is 25.4 Å². The zero-order valence-corrected chi connectivity index (χ0v) is 16.8. The monoisotopic (exact) mass is 408 g/mol. The summed E-state index contributed by atoms with van der Waals surface area (Å²) in [6, 6.07) is 10.3. The number of hydrogen-bond donors (Lipinski definition) is 1. The molecule has 0 bridgehead atoms. The number of rotatable bonds is 8. The molecule has 3 aromatic rings. The first-order valence-corrected chi connectivity index (χ1v) is 9.62. The first-order valence-electron chi connectivity index (χ1n) is 9.62. The lowest BCUT2D eigenvalue weighted by atomic mass is 9.95. The summed E-state index contributed by atoms with van der Waals surface area (Å²) in [5, 5.41) is 27.9. The van der Waals surface area contributed by atoms with E-state index in [2.05, 4.69) is 10.3 Å². The minimum absolute atomic E-state index is 0.00280. The van der Waals surface area contributed by atoms with E-state index in [0.29, 0.717) is 24.2 Å². The van der Waals surface area contributed by atoms with Crippen molar-refractivity contribution in [3.05, 3.63) is 69.9 Å². The smallest absolute Gasteiger partial charge is 0.279 e. The fraction of sp³-hybridized carbons (Fsp3) is 0.273. The van der Waals surface area contributed by atoms with Crippen LogP contribution in [0.2, 0.25) is 0 Å². The number of carbonyl (C=O) groups is 1. The standard InChI is InChI=1S/C22H23N3O5/c1-3-4-7-19(26)24-20(14-8-10-15(30-2)11-9-14)17-13-18(25(28)29)16-6-5-12-23-21(16)22(17)27/h5-6,8-13,20,27H,3-4,7H2,1-2H3,(H,24,26)/p-1/t20-/m0/s1. The Labute approximate surface area is 173 Å². The summed E-state index contributed by atoms with van der Waals surface area (Å²) in [5.74, 6) is -0.0723. The van der Waals surface area contributed by atoms with Gasteiger partial charge in [-0.2, -0.15) is 0 Å². The van der Waals surface area contributed by atoms with Crippen molar-refractivity contribution in [2.45, 2.75) is 32.2 Å². The zero-order chi connectivity index (χ0) is 21.7. The van der Waals surface area contributed by atoms with Gasteiger partial charge in [-0.25, -0.2) is 0 Å². The maximum Gasteiger partial charge on any atom is 0.279 e. The van der Waals surface area contributed by atoms with Crippen molar-refractivity contribution >= 4 is 22.5 Å². The van der Waals surface area contributed by atoms with Crippen molar-refractivity contribution in [2.24, 2.45) is 0 Å². The van der Waals surface area contributed by atoms with E-state index >= 15 is 0 Å². The molecule has 1 N–H and O–H groups in total. The van der Waals surface area contributed by atoms with Crippen LogP contribution in [0.15, 0.2) is 48.7 Å². The van der Waals surface area contributed by atoms with Gasteiger partial charge in [0, 0.05) is 18.7 Å². The van der Waals surface area contributed by atoms with Crippen LogP contribution in [0.25, 0.3) is 10.9 Å². The van der Waals surface area contributed by atoms with E-state index in [1.54, 1.807) is 30.3 Å². The summed E-state index contributed by atoms with van der Waals surface area (Å²) in [6.45, 7) is 1.97. The Balaban J connectivity index is 2.16. The van der Waals surface area contributed by atoms with Gasteiger partial charge in [-0.3, -0.25) is 19.9 Å². The highest BCUT2D eigenvalue weighted by Crippen LogP contribution is 2.38. The van der Waals surface area contributed by atoms with Gasteiger partial charge < -0.3 is 15.2 Å². The SMILES string of the molecule is CCCCC(=O)N[C@@H](c1ccc(OC)cc1)c1cc([N+](=O)[O-])c2cccnc2c1[O-]. The van der Waals surface area contributed by atoms with Crippen LogP contribution < -0.4 is 15.2 Å². The Morgan fingerprint density at radius 1 is 1.27 bits per heavy atom. The number of methoxy groups -OCH3 is 1. The van der Waals surface area contributed by atoms with E-state index in [1.807, 2.05) is 6.92 Å². The Hall–Kier alpha value is -3.68. The first-order chi connectivity index (χ1) is 14.5. The van der Waals surface area contributed by atoms with Crippen LogP contribution in [-0.2, 0) is 4.79 Å². The van der Waals surface area contributed by atoms with Crippen molar-refractivity contribution in [3.63, 3.8) is 0 Å².